The van der Waals surface area contributed by atoms with E-state index in [-0.39, 0.29) is 13.2 Å². The Morgan fingerprint density at radius 2 is 1.79 bits per heavy atom. The lowest BCUT2D eigenvalue weighted by atomic mass is 10.2. The number of hydrogen-bond acceptors (Lipinski definition) is 7. The van der Waals surface area contributed by atoms with Gasteiger partial charge in [0.05, 0.1) is 19.8 Å². The molecule has 140 valence electrons. The monoisotopic (exact) mass is 350 g/mol. The summed E-state index contributed by atoms with van der Waals surface area (Å²) in [4.78, 5) is 31.8. The van der Waals surface area contributed by atoms with Gasteiger partial charge in [-0.3, -0.25) is 4.79 Å². The number of carboxylic acids is 2. The van der Waals surface area contributed by atoms with Crippen LogP contribution in [0.4, 0.5) is 4.79 Å². The van der Waals surface area contributed by atoms with Gasteiger partial charge in [0.15, 0.2) is 6.04 Å². The molecule has 24 heavy (non-hydrogen) atoms. The molecule has 0 rings (SSSR count). The van der Waals surface area contributed by atoms with Gasteiger partial charge in [-0.1, -0.05) is 6.08 Å². The molecule has 0 aromatic rings. The predicted molar refractivity (Wildman–Crippen MR) is 84.5 cm³/mol. The third kappa shape index (κ3) is 14.8. The zero-order valence-electron chi connectivity index (χ0n) is 14.0. The lowest BCUT2D eigenvalue weighted by Gasteiger charge is -2.21. The third-order valence-electron chi connectivity index (χ3n) is 2.02. The van der Waals surface area contributed by atoms with Crippen LogP contribution >= 0.6 is 0 Å². The highest BCUT2D eigenvalue weighted by atomic mass is 16.6. The summed E-state index contributed by atoms with van der Waals surface area (Å²) in [5, 5.41) is 27.0. The summed E-state index contributed by atoms with van der Waals surface area (Å²) in [7, 11) is 0. The summed E-state index contributed by atoms with van der Waals surface area (Å²) in [5.41, 5.74) is 4.09. The van der Waals surface area contributed by atoms with E-state index in [9.17, 15) is 14.4 Å². The van der Waals surface area contributed by atoms with Crippen molar-refractivity contribution in [1.29, 1.82) is 0 Å². The average Bonchev–Trinajstić information content (AvgIpc) is 2.43. The quantitative estimate of drug-likeness (QED) is 0.288. The van der Waals surface area contributed by atoms with E-state index in [4.69, 9.17) is 30.5 Å². The number of aliphatic carboxylic acids is 2. The summed E-state index contributed by atoms with van der Waals surface area (Å²) in [6.07, 6.45) is 0.707. The Balaban J connectivity index is 0. The Morgan fingerprint density at radius 3 is 2.08 bits per heavy atom. The lowest BCUT2D eigenvalue weighted by Crippen LogP contribution is -2.46. The van der Waals surface area contributed by atoms with Crippen LogP contribution in [0.15, 0.2) is 12.7 Å². The second kappa shape index (κ2) is 12.3. The zero-order valence-corrected chi connectivity index (χ0v) is 14.0. The van der Waals surface area contributed by atoms with Crippen molar-refractivity contribution in [3.8, 4) is 0 Å². The van der Waals surface area contributed by atoms with Crippen LogP contribution in [0.2, 0.25) is 0 Å². The van der Waals surface area contributed by atoms with Crippen LogP contribution in [0.25, 0.3) is 0 Å². The number of amides is 1. The second-order valence-corrected chi connectivity index (χ2v) is 5.49. The molecule has 10 nitrogen and oxygen atoms in total. The van der Waals surface area contributed by atoms with Gasteiger partial charge in [-0.25, -0.2) is 9.59 Å². The molecular formula is C14H26N2O8. The summed E-state index contributed by atoms with van der Waals surface area (Å²) >= 11 is 0. The molecule has 0 bridgehead atoms. The summed E-state index contributed by atoms with van der Waals surface area (Å²) in [5.74, 6) is -2.36. The Bertz CT molecular complexity index is 419. The molecule has 0 spiro atoms. The van der Waals surface area contributed by atoms with Crippen molar-refractivity contribution in [3.63, 3.8) is 0 Å². The number of hydrogen-bond donors (Lipinski definition) is 5. The van der Waals surface area contributed by atoms with E-state index in [1.165, 1.54) is 6.08 Å². The van der Waals surface area contributed by atoms with Gasteiger partial charge in [-0.2, -0.15) is 0 Å². The molecule has 0 aromatic carbocycles. The highest BCUT2D eigenvalue weighted by Crippen LogP contribution is 2.06. The molecule has 1 amide bonds. The van der Waals surface area contributed by atoms with Gasteiger partial charge in [0, 0.05) is 0 Å². The van der Waals surface area contributed by atoms with E-state index in [1.807, 2.05) is 0 Å². The van der Waals surface area contributed by atoms with Gasteiger partial charge in [0.25, 0.3) is 0 Å². The van der Waals surface area contributed by atoms with Crippen molar-refractivity contribution >= 4 is 18.0 Å². The largest absolute Gasteiger partial charge is 0.480 e. The predicted octanol–water partition coefficient (Wildman–Crippen LogP) is -0.442. The molecule has 0 saturated carbocycles. The van der Waals surface area contributed by atoms with E-state index in [0.717, 1.165) is 0 Å². The molecule has 6 N–H and O–H groups in total. The van der Waals surface area contributed by atoms with Gasteiger partial charge in [0.1, 0.15) is 11.6 Å². The van der Waals surface area contributed by atoms with Crippen molar-refractivity contribution < 1.29 is 39.2 Å². The van der Waals surface area contributed by atoms with Gasteiger partial charge in [-0.05, 0) is 20.8 Å². The highest BCUT2D eigenvalue weighted by Gasteiger charge is 2.23. The molecule has 0 radical (unpaired) electrons. The first-order valence-electron chi connectivity index (χ1n) is 6.94. The Labute approximate surface area is 140 Å². The normalized spacial score (nSPS) is 12.9. The van der Waals surface area contributed by atoms with E-state index < -0.39 is 42.3 Å². The van der Waals surface area contributed by atoms with Crippen LogP contribution in [0.5, 0.6) is 0 Å². The van der Waals surface area contributed by atoms with Crippen LogP contribution in [0.1, 0.15) is 20.8 Å². The fourth-order valence-corrected chi connectivity index (χ4v) is 0.972. The van der Waals surface area contributed by atoms with E-state index in [1.54, 1.807) is 20.8 Å². The van der Waals surface area contributed by atoms with E-state index in [0.29, 0.717) is 0 Å². The Kier molecular flexibility index (Phi) is 12.3. The standard InChI is InChI=1S/C11H19NO5.C3H7NO3/c1-5-6-16-7-8(9(13)14)12-10(15)17-11(2,3)4;4-2(1-5)3(6)7/h5,8H,1,6-7H2,2-4H3,(H,12,15)(H,13,14);2,5H,1,4H2,(H,6,7)/t8-;/m0./s1. The summed E-state index contributed by atoms with van der Waals surface area (Å²) < 4.78 is 9.90. The van der Waals surface area contributed by atoms with Crippen molar-refractivity contribution in [2.24, 2.45) is 5.73 Å². The number of nitrogens with one attached hydrogen (secondary N) is 1. The van der Waals surface area contributed by atoms with Gasteiger partial charge in [0.2, 0.25) is 0 Å². The van der Waals surface area contributed by atoms with Crippen LogP contribution in [-0.2, 0) is 19.1 Å². The van der Waals surface area contributed by atoms with E-state index >= 15 is 0 Å². The molecule has 0 aliphatic rings. The maximum atomic E-state index is 11.3. The van der Waals surface area contributed by atoms with Gasteiger partial charge < -0.3 is 35.8 Å². The van der Waals surface area contributed by atoms with Crippen LogP contribution in [0.3, 0.4) is 0 Å². The fraction of sp³-hybridized carbons (Fsp3) is 0.643. The first-order chi connectivity index (χ1) is 10.9. The molecule has 1 unspecified atom stereocenters. The summed E-state index contributed by atoms with van der Waals surface area (Å²) in [6, 6.07) is -2.26. The molecular weight excluding hydrogens is 324 g/mol. The van der Waals surface area contributed by atoms with Gasteiger partial charge >= 0.3 is 18.0 Å². The lowest BCUT2D eigenvalue weighted by molar-refractivity contribution is -0.141. The highest BCUT2D eigenvalue weighted by molar-refractivity contribution is 5.80. The zero-order chi connectivity index (χ0) is 19.3. The fourth-order valence-electron chi connectivity index (χ4n) is 0.972. The molecule has 0 fully saturated rings. The van der Waals surface area contributed by atoms with Crippen LogP contribution < -0.4 is 11.1 Å². The first kappa shape index (κ1) is 24.1. The van der Waals surface area contributed by atoms with Crippen molar-refractivity contribution in [3.05, 3.63) is 12.7 Å². The maximum Gasteiger partial charge on any atom is 0.408 e. The number of alkyl carbamates (subject to hydrolysis) is 1. The molecule has 2 atom stereocenters. The number of carbonyl (C=O) groups excluding carboxylic acids is 1. The van der Waals surface area contributed by atoms with Crippen molar-refractivity contribution in [2.75, 3.05) is 19.8 Å². The molecule has 0 aliphatic carbocycles. The van der Waals surface area contributed by atoms with E-state index in [2.05, 4.69) is 11.9 Å². The molecule has 0 heterocycles. The van der Waals surface area contributed by atoms with Crippen LogP contribution in [-0.4, -0.2) is 70.9 Å². The number of rotatable bonds is 8. The number of ether oxygens (including phenoxy) is 2. The van der Waals surface area contributed by atoms with Crippen molar-refractivity contribution in [2.45, 2.75) is 38.5 Å². The Morgan fingerprint density at radius 1 is 1.25 bits per heavy atom. The average molecular weight is 350 g/mol. The molecule has 0 saturated heterocycles. The minimum absolute atomic E-state index is 0.138. The minimum Gasteiger partial charge on any atom is -0.480 e. The van der Waals surface area contributed by atoms with Crippen molar-refractivity contribution in [1.82, 2.24) is 5.32 Å². The number of carboxylic acid groups (broad SMARTS) is 2. The number of aliphatic hydroxyl groups is 1. The topological polar surface area (TPSA) is 168 Å². The minimum atomic E-state index is -1.18. The number of nitrogens with two attached hydrogens (primary N) is 1. The van der Waals surface area contributed by atoms with Gasteiger partial charge in [-0.15, -0.1) is 6.58 Å². The second-order valence-electron chi connectivity index (χ2n) is 5.49. The summed E-state index contributed by atoms with van der Waals surface area (Å²) in [6.45, 7) is 8.08. The molecule has 0 aliphatic heterocycles. The molecule has 10 heteroatoms. The third-order valence-corrected chi connectivity index (χ3v) is 2.02. The SMILES string of the molecule is C=CCOC[C@H](NC(=O)OC(C)(C)C)C(=O)O.NC(CO)C(=O)O. The smallest absolute Gasteiger partial charge is 0.408 e. The number of carbonyl (C=O) groups is 3. The Hall–Kier alpha value is -2.17. The maximum absolute atomic E-state index is 11.3. The van der Waals surface area contributed by atoms with Crippen LogP contribution in [0, 0.1) is 0 Å². The molecule has 0 aromatic heterocycles. The number of aliphatic hydroxyl groups excluding tert-OH is 1. The first-order valence-corrected chi connectivity index (χ1v) is 6.94.